The number of methoxy groups -OCH3 is 2. The number of phenolic OH excluding ortho intramolecular Hbond substituents is 1. The van der Waals surface area contributed by atoms with Crippen LogP contribution in [0.25, 0.3) is 0 Å². The van der Waals surface area contributed by atoms with Crippen molar-refractivity contribution in [2.75, 3.05) is 34.9 Å². The molecule has 0 amide bonds. The summed E-state index contributed by atoms with van der Waals surface area (Å²) in [6, 6.07) is 12.1. The zero-order valence-electron chi connectivity index (χ0n) is 14.9. The predicted molar refractivity (Wildman–Crippen MR) is 94.8 cm³/mol. The molecule has 1 unspecified atom stereocenters. The van der Waals surface area contributed by atoms with Gasteiger partial charge in [0.2, 0.25) is 0 Å². The fraction of sp³-hybridized carbons (Fsp3) is 0.400. The zero-order chi connectivity index (χ0) is 17.3. The minimum atomic E-state index is 0.308. The van der Waals surface area contributed by atoms with Crippen LogP contribution in [0.4, 0.5) is 0 Å². The Morgan fingerprint density at radius 2 is 1.67 bits per heavy atom. The van der Waals surface area contributed by atoms with Crippen molar-refractivity contribution >= 4 is 0 Å². The van der Waals surface area contributed by atoms with Crippen LogP contribution < -0.4 is 9.47 Å². The van der Waals surface area contributed by atoms with Gasteiger partial charge in [0, 0.05) is 18.4 Å². The molecule has 1 aliphatic rings. The van der Waals surface area contributed by atoms with Gasteiger partial charge in [-0.25, -0.2) is 0 Å². The van der Waals surface area contributed by atoms with Crippen molar-refractivity contribution in [3.05, 3.63) is 53.1 Å². The van der Waals surface area contributed by atoms with E-state index >= 15 is 0 Å². The van der Waals surface area contributed by atoms with Gasteiger partial charge < -0.3 is 19.1 Å². The molecule has 0 aromatic heterocycles. The smallest absolute Gasteiger partial charge is 0.161 e. The van der Waals surface area contributed by atoms with Gasteiger partial charge in [-0.05, 0) is 35.4 Å². The second-order valence-corrected chi connectivity index (χ2v) is 7.04. The van der Waals surface area contributed by atoms with Crippen molar-refractivity contribution in [3.8, 4) is 17.2 Å². The number of fused-ring (bicyclic) bond motifs is 1. The molecule has 0 spiro atoms. The van der Waals surface area contributed by atoms with E-state index in [-0.39, 0.29) is 0 Å². The summed E-state index contributed by atoms with van der Waals surface area (Å²) < 4.78 is 11.9. The first-order valence-corrected chi connectivity index (χ1v) is 8.30. The standard InChI is InChI=1S/C20H25NO3/c1-21(2)10-9-15-12-19(23-3)20(24-4)13-17(15)18(21)11-14-5-7-16(22)8-6-14/h5-8,12-13,18H,9-11H2,1-4H3/p+1. The SMILES string of the molecule is COc1cc2c(cc1OC)C(Cc1ccc(O)cc1)[N+](C)(C)CC2. The van der Waals surface area contributed by atoms with Crippen molar-refractivity contribution in [1.29, 1.82) is 0 Å². The second kappa shape index (κ2) is 6.36. The molecule has 4 heteroatoms. The van der Waals surface area contributed by atoms with E-state index in [0.29, 0.717) is 11.8 Å². The molecule has 3 rings (SSSR count). The third-order valence-electron chi connectivity index (χ3n) is 5.17. The normalized spacial score (nSPS) is 18.8. The number of hydrogen-bond donors (Lipinski definition) is 1. The Balaban J connectivity index is 2.02. The minimum absolute atomic E-state index is 0.308. The molecule has 4 nitrogen and oxygen atoms in total. The van der Waals surface area contributed by atoms with E-state index in [1.807, 2.05) is 12.1 Å². The predicted octanol–water partition coefficient (Wildman–Crippen LogP) is 3.33. The van der Waals surface area contributed by atoms with Gasteiger partial charge in [0.25, 0.3) is 0 Å². The first-order valence-electron chi connectivity index (χ1n) is 8.30. The van der Waals surface area contributed by atoms with Crippen LogP contribution in [0.3, 0.4) is 0 Å². The van der Waals surface area contributed by atoms with Gasteiger partial charge >= 0.3 is 0 Å². The Morgan fingerprint density at radius 1 is 1.04 bits per heavy atom. The highest BCUT2D eigenvalue weighted by molar-refractivity contribution is 5.49. The van der Waals surface area contributed by atoms with Crippen LogP contribution in [0.5, 0.6) is 17.2 Å². The Bertz CT molecular complexity index is 722. The van der Waals surface area contributed by atoms with Crippen LogP contribution in [-0.4, -0.2) is 44.4 Å². The summed E-state index contributed by atoms with van der Waals surface area (Å²) in [5.74, 6) is 1.89. The largest absolute Gasteiger partial charge is 0.508 e. The molecule has 0 radical (unpaired) electrons. The topological polar surface area (TPSA) is 38.7 Å². The summed E-state index contributed by atoms with van der Waals surface area (Å²) in [5.41, 5.74) is 3.90. The molecule has 128 valence electrons. The average molecular weight is 328 g/mol. The van der Waals surface area contributed by atoms with E-state index in [2.05, 4.69) is 26.2 Å². The summed E-state index contributed by atoms with van der Waals surface area (Å²) in [6.07, 6.45) is 1.96. The number of phenols is 1. The third-order valence-corrected chi connectivity index (χ3v) is 5.17. The van der Waals surface area contributed by atoms with Crippen LogP contribution >= 0.6 is 0 Å². The molecule has 1 atom stereocenters. The maximum Gasteiger partial charge on any atom is 0.161 e. The number of benzene rings is 2. The average Bonchev–Trinajstić information content (AvgIpc) is 2.58. The molecule has 1 aliphatic heterocycles. The lowest BCUT2D eigenvalue weighted by Crippen LogP contribution is -2.48. The lowest BCUT2D eigenvalue weighted by molar-refractivity contribution is -0.923. The monoisotopic (exact) mass is 328 g/mol. The van der Waals surface area contributed by atoms with Crippen molar-refractivity contribution in [2.45, 2.75) is 18.9 Å². The lowest BCUT2D eigenvalue weighted by Gasteiger charge is -2.43. The lowest BCUT2D eigenvalue weighted by atomic mass is 9.87. The fourth-order valence-electron chi connectivity index (χ4n) is 3.62. The first kappa shape index (κ1) is 16.7. The van der Waals surface area contributed by atoms with E-state index in [4.69, 9.17) is 9.47 Å². The van der Waals surface area contributed by atoms with Gasteiger partial charge in [0.1, 0.15) is 11.8 Å². The van der Waals surface area contributed by atoms with E-state index in [1.54, 1.807) is 26.4 Å². The summed E-state index contributed by atoms with van der Waals surface area (Å²) in [7, 11) is 7.93. The quantitative estimate of drug-likeness (QED) is 0.875. The minimum Gasteiger partial charge on any atom is -0.508 e. The maximum absolute atomic E-state index is 9.51. The molecule has 0 aliphatic carbocycles. The van der Waals surface area contributed by atoms with Crippen molar-refractivity contribution in [2.24, 2.45) is 0 Å². The summed E-state index contributed by atoms with van der Waals surface area (Å²) in [4.78, 5) is 0. The molecule has 0 fully saturated rings. The number of aromatic hydroxyl groups is 1. The van der Waals surface area contributed by atoms with E-state index in [9.17, 15) is 5.11 Å². The number of nitrogens with zero attached hydrogens (tertiary/aromatic N) is 1. The Morgan fingerprint density at radius 3 is 2.29 bits per heavy atom. The molecule has 2 aromatic rings. The van der Waals surface area contributed by atoms with Gasteiger partial charge in [-0.2, -0.15) is 0 Å². The van der Waals surface area contributed by atoms with Gasteiger partial charge in [-0.15, -0.1) is 0 Å². The molecule has 0 saturated heterocycles. The van der Waals surface area contributed by atoms with E-state index in [0.717, 1.165) is 35.4 Å². The molecule has 0 saturated carbocycles. The van der Waals surface area contributed by atoms with Crippen LogP contribution in [0, 0.1) is 0 Å². The van der Waals surface area contributed by atoms with E-state index < -0.39 is 0 Å². The van der Waals surface area contributed by atoms with Crippen molar-refractivity contribution < 1.29 is 19.1 Å². The van der Waals surface area contributed by atoms with Crippen LogP contribution in [-0.2, 0) is 12.8 Å². The number of quaternary nitrogens is 1. The highest BCUT2D eigenvalue weighted by atomic mass is 16.5. The number of likely N-dealkylation sites (N-methyl/N-ethyl adjacent to an activating group) is 1. The zero-order valence-corrected chi connectivity index (χ0v) is 14.9. The summed E-state index contributed by atoms with van der Waals surface area (Å²) in [6.45, 7) is 1.09. The van der Waals surface area contributed by atoms with Crippen molar-refractivity contribution in [3.63, 3.8) is 0 Å². The fourth-order valence-corrected chi connectivity index (χ4v) is 3.62. The second-order valence-electron chi connectivity index (χ2n) is 7.04. The number of ether oxygens (including phenoxy) is 2. The summed E-state index contributed by atoms with van der Waals surface area (Å²) >= 11 is 0. The van der Waals surface area contributed by atoms with Crippen LogP contribution in [0.2, 0.25) is 0 Å². The Labute approximate surface area is 143 Å². The highest BCUT2D eigenvalue weighted by Crippen LogP contribution is 2.41. The number of rotatable bonds is 4. The Hall–Kier alpha value is -2.20. The van der Waals surface area contributed by atoms with Crippen LogP contribution in [0.15, 0.2) is 36.4 Å². The van der Waals surface area contributed by atoms with Gasteiger partial charge in [-0.3, -0.25) is 0 Å². The maximum atomic E-state index is 9.51. The summed E-state index contributed by atoms with van der Waals surface area (Å²) in [5, 5.41) is 9.51. The van der Waals surface area contributed by atoms with Crippen molar-refractivity contribution in [1.82, 2.24) is 0 Å². The molecule has 0 bridgehead atoms. The Kier molecular flexibility index (Phi) is 4.41. The molecular formula is C20H26NO3+. The molecule has 1 heterocycles. The van der Waals surface area contributed by atoms with Gasteiger partial charge in [0.15, 0.2) is 11.5 Å². The third kappa shape index (κ3) is 3.06. The molecule has 1 N–H and O–H groups in total. The van der Waals surface area contributed by atoms with Crippen LogP contribution in [0.1, 0.15) is 22.7 Å². The van der Waals surface area contributed by atoms with E-state index in [1.165, 1.54) is 16.7 Å². The van der Waals surface area contributed by atoms with Gasteiger partial charge in [-0.1, -0.05) is 12.1 Å². The number of hydrogen-bond acceptors (Lipinski definition) is 3. The van der Waals surface area contributed by atoms with Gasteiger partial charge in [0.05, 0.1) is 34.9 Å². The molecule has 2 aromatic carbocycles. The first-order chi connectivity index (χ1) is 11.4. The highest BCUT2D eigenvalue weighted by Gasteiger charge is 2.36. The molecule has 24 heavy (non-hydrogen) atoms. The molecular weight excluding hydrogens is 302 g/mol.